The number of H-pyrrole nitrogens is 1. The first-order chi connectivity index (χ1) is 16.2. The normalized spacial score (nSPS) is 13.9. The van der Waals surface area contributed by atoms with Gasteiger partial charge in [-0.05, 0) is 43.4 Å². The average molecular weight is 443 g/mol. The molecule has 3 heterocycles. The van der Waals surface area contributed by atoms with Crippen molar-refractivity contribution < 1.29 is 9.21 Å². The molecule has 1 aliphatic rings. The number of amides is 1. The SMILES string of the molecule is Cc1ccc(CN(CCc2c[nH]c3ccccc23)Cc2nc(C(=O)N3CCCC3)co2)cc1. The van der Waals surface area contributed by atoms with E-state index in [1.165, 1.54) is 28.3 Å². The lowest BCUT2D eigenvalue weighted by molar-refractivity contribution is 0.0787. The Morgan fingerprint density at radius 2 is 1.88 bits per heavy atom. The molecule has 2 aromatic carbocycles. The Hall–Kier alpha value is -3.38. The van der Waals surface area contributed by atoms with Gasteiger partial charge in [0.15, 0.2) is 5.69 Å². The summed E-state index contributed by atoms with van der Waals surface area (Å²) in [5.41, 5.74) is 5.38. The van der Waals surface area contributed by atoms with E-state index in [4.69, 9.17) is 4.42 Å². The van der Waals surface area contributed by atoms with Gasteiger partial charge in [0.1, 0.15) is 6.26 Å². The van der Waals surface area contributed by atoms with E-state index in [1.807, 2.05) is 4.90 Å². The molecule has 1 N–H and O–H groups in total. The van der Waals surface area contributed by atoms with Crippen LogP contribution >= 0.6 is 0 Å². The van der Waals surface area contributed by atoms with Gasteiger partial charge in [0, 0.05) is 43.3 Å². The predicted octanol–water partition coefficient (Wildman–Crippen LogP) is 4.95. The van der Waals surface area contributed by atoms with E-state index in [2.05, 4.69) is 76.5 Å². The van der Waals surface area contributed by atoms with Crippen molar-refractivity contribution in [1.29, 1.82) is 0 Å². The highest BCUT2D eigenvalue weighted by Gasteiger charge is 2.23. The van der Waals surface area contributed by atoms with Crippen LogP contribution < -0.4 is 0 Å². The minimum Gasteiger partial charge on any atom is -0.447 e. The zero-order chi connectivity index (χ0) is 22.6. The summed E-state index contributed by atoms with van der Waals surface area (Å²) in [5, 5.41) is 1.27. The largest absolute Gasteiger partial charge is 0.447 e. The molecule has 0 spiro atoms. The van der Waals surface area contributed by atoms with Crippen molar-refractivity contribution in [3.8, 4) is 0 Å². The van der Waals surface area contributed by atoms with E-state index in [0.717, 1.165) is 51.0 Å². The molecule has 1 amide bonds. The van der Waals surface area contributed by atoms with E-state index in [-0.39, 0.29) is 5.91 Å². The number of likely N-dealkylation sites (tertiary alicyclic amines) is 1. The van der Waals surface area contributed by atoms with Crippen LogP contribution in [-0.4, -0.2) is 45.3 Å². The van der Waals surface area contributed by atoms with Crippen LogP contribution in [0.15, 0.2) is 65.4 Å². The number of carbonyl (C=O) groups excluding carboxylic acids is 1. The number of nitrogens with zero attached hydrogens (tertiary/aromatic N) is 3. The molecule has 0 saturated carbocycles. The molecular formula is C27H30N4O2. The second-order valence-corrected chi connectivity index (χ2v) is 8.93. The molecule has 5 rings (SSSR count). The van der Waals surface area contributed by atoms with E-state index < -0.39 is 0 Å². The fourth-order valence-corrected chi connectivity index (χ4v) is 4.54. The Kier molecular flexibility index (Phi) is 6.26. The maximum absolute atomic E-state index is 12.7. The first kappa shape index (κ1) is 21.5. The highest BCUT2D eigenvalue weighted by Crippen LogP contribution is 2.20. The maximum Gasteiger partial charge on any atom is 0.275 e. The molecule has 1 saturated heterocycles. The summed E-state index contributed by atoms with van der Waals surface area (Å²) in [4.78, 5) is 24.8. The lowest BCUT2D eigenvalue weighted by Gasteiger charge is -2.21. The maximum atomic E-state index is 12.7. The van der Waals surface area contributed by atoms with Gasteiger partial charge in [-0.3, -0.25) is 9.69 Å². The lowest BCUT2D eigenvalue weighted by atomic mass is 10.1. The third-order valence-electron chi connectivity index (χ3n) is 6.42. The van der Waals surface area contributed by atoms with Crippen LogP contribution in [0.1, 0.15) is 45.9 Å². The minimum absolute atomic E-state index is 0.0219. The van der Waals surface area contributed by atoms with Crippen molar-refractivity contribution >= 4 is 16.8 Å². The molecule has 0 aliphatic carbocycles. The number of hydrogen-bond acceptors (Lipinski definition) is 4. The van der Waals surface area contributed by atoms with E-state index in [1.54, 1.807) is 0 Å². The van der Waals surface area contributed by atoms with Gasteiger partial charge >= 0.3 is 0 Å². The molecule has 170 valence electrons. The molecular weight excluding hydrogens is 412 g/mol. The van der Waals surface area contributed by atoms with E-state index in [9.17, 15) is 4.79 Å². The van der Waals surface area contributed by atoms with Crippen LogP contribution in [0.3, 0.4) is 0 Å². The Bertz CT molecular complexity index is 1220. The quantitative estimate of drug-likeness (QED) is 0.420. The van der Waals surface area contributed by atoms with Gasteiger partial charge in [-0.25, -0.2) is 4.98 Å². The fourth-order valence-electron chi connectivity index (χ4n) is 4.54. The number of aromatic amines is 1. The topological polar surface area (TPSA) is 65.4 Å². The van der Waals surface area contributed by atoms with Gasteiger partial charge in [-0.2, -0.15) is 0 Å². The number of carbonyl (C=O) groups is 1. The van der Waals surface area contributed by atoms with Crippen molar-refractivity contribution in [2.24, 2.45) is 0 Å². The molecule has 33 heavy (non-hydrogen) atoms. The van der Waals surface area contributed by atoms with Gasteiger partial charge in [0.05, 0.1) is 6.54 Å². The molecule has 2 aromatic heterocycles. The summed E-state index contributed by atoms with van der Waals surface area (Å²) in [6, 6.07) is 17.0. The molecule has 0 atom stereocenters. The summed E-state index contributed by atoms with van der Waals surface area (Å²) >= 11 is 0. The van der Waals surface area contributed by atoms with Crippen LogP contribution in [0.5, 0.6) is 0 Å². The molecule has 0 unspecified atom stereocenters. The van der Waals surface area contributed by atoms with Crippen LogP contribution in [0.2, 0.25) is 0 Å². The van der Waals surface area contributed by atoms with Crippen LogP contribution in [-0.2, 0) is 19.5 Å². The Labute approximate surface area is 194 Å². The lowest BCUT2D eigenvalue weighted by Crippen LogP contribution is -2.28. The van der Waals surface area contributed by atoms with Crippen molar-refractivity contribution in [3.05, 3.63) is 89.3 Å². The first-order valence-corrected chi connectivity index (χ1v) is 11.7. The second-order valence-electron chi connectivity index (χ2n) is 8.93. The van der Waals surface area contributed by atoms with Gasteiger partial charge < -0.3 is 14.3 Å². The average Bonchev–Trinajstić information content (AvgIpc) is 3.60. The second kappa shape index (κ2) is 9.63. The number of nitrogens with one attached hydrogen (secondary N) is 1. The number of aryl methyl sites for hydroxylation is 1. The van der Waals surface area contributed by atoms with E-state index >= 15 is 0 Å². The third kappa shape index (κ3) is 5.01. The zero-order valence-electron chi connectivity index (χ0n) is 19.1. The number of hydrogen-bond donors (Lipinski definition) is 1. The van der Waals surface area contributed by atoms with E-state index in [0.29, 0.717) is 18.1 Å². The Morgan fingerprint density at radius 1 is 1.09 bits per heavy atom. The summed E-state index contributed by atoms with van der Waals surface area (Å²) in [6.07, 6.45) is 6.66. The van der Waals surface area contributed by atoms with Gasteiger partial charge in [0.2, 0.25) is 5.89 Å². The summed E-state index contributed by atoms with van der Waals surface area (Å²) in [5.74, 6) is 0.565. The minimum atomic E-state index is -0.0219. The van der Waals surface area contributed by atoms with Crippen LogP contribution in [0.25, 0.3) is 10.9 Å². The Morgan fingerprint density at radius 3 is 2.70 bits per heavy atom. The highest BCUT2D eigenvalue weighted by atomic mass is 16.3. The van der Waals surface area contributed by atoms with Crippen molar-refractivity contribution in [1.82, 2.24) is 19.8 Å². The van der Waals surface area contributed by atoms with Gasteiger partial charge in [0.25, 0.3) is 5.91 Å². The van der Waals surface area contributed by atoms with Gasteiger partial charge in [-0.15, -0.1) is 0 Å². The standard InChI is InChI=1S/C27H30N4O2/c1-20-8-10-21(11-9-20)17-30(15-12-22-16-28-24-7-3-2-6-23(22)24)18-26-29-25(19-33-26)27(32)31-13-4-5-14-31/h2-3,6-11,16,19,28H,4-5,12-15,17-18H2,1H3. The Balaban J connectivity index is 1.31. The molecule has 1 aliphatic heterocycles. The summed E-state index contributed by atoms with van der Waals surface area (Å²) in [6.45, 7) is 5.93. The monoisotopic (exact) mass is 442 g/mol. The van der Waals surface area contributed by atoms with Crippen LogP contribution in [0.4, 0.5) is 0 Å². The third-order valence-corrected chi connectivity index (χ3v) is 6.42. The molecule has 0 bridgehead atoms. The first-order valence-electron chi connectivity index (χ1n) is 11.7. The smallest absolute Gasteiger partial charge is 0.275 e. The summed E-state index contributed by atoms with van der Waals surface area (Å²) < 4.78 is 5.73. The van der Waals surface area contributed by atoms with Crippen molar-refractivity contribution in [3.63, 3.8) is 0 Å². The predicted molar refractivity (Wildman–Crippen MR) is 129 cm³/mol. The zero-order valence-corrected chi connectivity index (χ0v) is 19.1. The number of oxazole rings is 1. The number of rotatable bonds is 8. The number of para-hydroxylation sites is 1. The fraction of sp³-hybridized carbons (Fsp3) is 0.333. The summed E-state index contributed by atoms with van der Waals surface area (Å²) in [7, 11) is 0. The van der Waals surface area contributed by atoms with Crippen molar-refractivity contribution in [2.75, 3.05) is 19.6 Å². The number of benzene rings is 2. The molecule has 6 heteroatoms. The highest BCUT2D eigenvalue weighted by molar-refractivity contribution is 5.92. The van der Waals surface area contributed by atoms with Crippen molar-refractivity contribution in [2.45, 2.75) is 39.3 Å². The number of fused-ring (bicyclic) bond motifs is 1. The molecule has 4 aromatic rings. The van der Waals surface area contributed by atoms with Crippen LogP contribution in [0, 0.1) is 6.92 Å². The number of aromatic nitrogens is 2. The molecule has 1 fully saturated rings. The molecule has 0 radical (unpaired) electrons. The van der Waals surface area contributed by atoms with Gasteiger partial charge in [-0.1, -0.05) is 48.0 Å². The molecule has 6 nitrogen and oxygen atoms in total.